The maximum Gasteiger partial charge on any atom is 0.0758 e. The zero-order chi connectivity index (χ0) is 11.8. The molecule has 0 bridgehead atoms. The van der Waals surface area contributed by atoms with Crippen LogP contribution in [0, 0.1) is 0 Å². The smallest absolute Gasteiger partial charge is 0.0758 e. The summed E-state index contributed by atoms with van der Waals surface area (Å²) in [6.45, 7) is 3.12. The fraction of sp³-hybridized carbons (Fsp3) is 0.429. The third-order valence-corrected chi connectivity index (χ3v) is 3.95. The lowest BCUT2D eigenvalue weighted by Crippen LogP contribution is -2.15. The lowest BCUT2D eigenvalue weighted by atomic mass is 10.2. The van der Waals surface area contributed by atoms with Gasteiger partial charge in [0.25, 0.3) is 0 Å². The molecule has 2 heterocycles. The summed E-state index contributed by atoms with van der Waals surface area (Å²) in [6.07, 6.45) is 5.32. The Morgan fingerprint density at radius 2 is 2.24 bits per heavy atom. The second-order valence-corrected chi connectivity index (χ2v) is 5.73. The SMILES string of the molecule is CC1CCC(Cn2ccc3ccc(Br)cc32)O1. The number of ether oxygens (including phenoxy) is 1. The zero-order valence-electron chi connectivity index (χ0n) is 9.90. The van der Waals surface area contributed by atoms with Gasteiger partial charge in [0, 0.05) is 22.7 Å². The van der Waals surface area contributed by atoms with E-state index in [0.29, 0.717) is 12.2 Å². The number of rotatable bonds is 2. The van der Waals surface area contributed by atoms with Crippen LogP contribution in [0.4, 0.5) is 0 Å². The van der Waals surface area contributed by atoms with E-state index in [1.54, 1.807) is 0 Å². The van der Waals surface area contributed by atoms with Gasteiger partial charge >= 0.3 is 0 Å². The summed E-state index contributed by atoms with van der Waals surface area (Å²) >= 11 is 3.53. The van der Waals surface area contributed by atoms with Crippen molar-refractivity contribution in [3.05, 3.63) is 34.9 Å². The van der Waals surface area contributed by atoms with Crippen LogP contribution in [0.2, 0.25) is 0 Å². The van der Waals surface area contributed by atoms with Crippen LogP contribution in [-0.2, 0) is 11.3 Å². The molecule has 1 aliphatic rings. The number of benzene rings is 1. The van der Waals surface area contributed by atoms with E-state index < -0.39 is 0 Å². The standard InChI is InChI=1S/C14H16BrNO/c1-10-2-5-13(17-10)9-16-7-6-11-3-4-12(15)8-14(11)16/h3-4,6-8,10,13H,2,5,9H2,1H3. The summed E-state index contributed by atoms with van der Waals surface area (Å²) in [4.78, 5) is 0. The molecular formula is C14H16BrNO. The van der Waals surface area contributed by atoms with E-state index in [0.717, 1.165) is 11.0 Å². The molecular weight excluding hydrogens is 278 g/mol. The van der Waals surface area contributed by atoms with Gasteiger partial charge in [0.2, 0.25) is 0 Å². The second kappa shape index (κ2) is 4.46. The molecule has 1 aromatic heterocycles. The van der Waals surface area contributed by atoms with Crippen molar-refractivity contribution in [3.8, 4) is 0 Å². The second-order valence-electron chi connectivity index (χ2n) is 4.82. The van der Waals surface area contributed by atoms with Crippen LogP contribution in [0.3, 0.4) is 0 Å². The van der Waals surface area contributed by atoms with E-state index in [1.165, 1.54) is 23.7 Å². The summed E-state index contributed by atoms with van der Waals surface area (Å²) in [5.41, 5.74) is 1.28. The molecule has 2 nitrogen and oxygen atoms in total. The first-order valence-electron chi connectivity index (χ1n) is 6.12. The number of hydrogen-bond acceptors (Lipinski definition) is 1. The molecule has 1 aliphatic heterocycles. The van der Waals surface area contributed by atoms with Crippen molar-refractivity contribution < 1.29 is 4.74 Å². The van der Waals surface area contributed by atoms with Gasteiger partial charge in [-0.3, -0.25) is 0 Å². The minimum atomic E-state index is 0.375. The first-order chi connectivity index (χ1) is 8.22. The number of fused-ring (bicyclic) bond motifs is 1. The summed E-state index contributed by atoms with van der Waals surface area (Å²) in [6, 6.07) is 8.57. The molecule has 2 aromatic rings. The first-order valence-corrected chi connectivity index (χ1v) is 6.91. The fourth-order valence-corrected chi connectivity index (χ4v) is 2.90. The van der Waals surface area contributed by atoms with Crippen LogP contribution in [0.5, 0.6) is 0 Å². The summed E-state index contributed by atoms with van der Waals surface area (Å²) in [5.74, 6) is 0. The maximum atomic E-state index is 5.88. The fourth-order valence-electron chi connectivity index (χ4n) is 2.56. The minimum absolute atomic E-state index is 0.375. The van der Waals surface area contributed by atoms with E-state index in [2.05, 4.69) is 57.9 Å². The highest BCUT2D eigenvalue weighted by Crippen LogP contribution is 2.25. The molecule has 0 spiro atoms. The topological polar surface area (TPSA) is 14.2 Å². The third kappa shape index (κ3) is 2.26. The molecule has 0 N–H and O–H groups in total. The molecule has 0 aliphatic carbocycles. The van der Waals surface area contributed by atoms with Gasteiger partial charge in [-0.2, -0.15) is 0 Å². The predicted molar refractivity (Wildman–Crippen MR) is 73.2 cm³/mol. The number of hydrogen-bond donors (Lipinski definition) is 0. The average Bonchev–Trinajstić information content (AvgIpc) is 2.87. The Hall–Kier alpha value is -0.800. The van der Waals surface area contributed by atoms with Crippen LogP contribution in [-0.4, -0.2) is 16.8 Å². The van der Waals surface area contributed by atoms with E-state index >= 15 is 0 Å². The molecule has 0 radical (unpaired) electrons. The number of halogens is 1. The molecule has 17 heavy (non-hydrogen) atoms. The van der Waals surface area contributed by atoms with Gasteiger partial charge in [0.15, 0.2) is 0 Å². The zero-order valence-corrected chi connectivity index (χ0v) is 11.5. The van der Waals surface area contributed by atoms with Crippen LogP contribution in [0.15, 0.2) is 34.9 Å². The lowest BCUT2D eigenvalue weighted by Gasteiger charge is -2.13. The monoisotopic (exact) mass is 293 g/mol. The van der Waals surface area contributed by atoms with Crippen LogP contribution in [0.1, 0.15) is 19.8 Å². The highest BCUT2D eigenvalue weighted by atomic mass is 79.9. The van der Waals surface area contributed by atoms with Crippen molar-refractivity contribution in [3.63, 3.8) is 0 Å². The van der Waals surface area contributed by atoms with Gasteiger partial charge in [-0.25, -0.2) is 0 Å². The van der Waals surface area contributed by atoms with Crippen LogP contribution < -0.4 is 0 Å². The molecule has 0 saturated carbocycles. The summed E-state index contributed by atoms with van der Waals surface area (Å²) in [7, 11) is 0. The van der Waals surface area contributed by atoms with Crippen molar-refractivity contribution in [2.45, 2.75) is 38.5 Å². The van der Waals surface area contributed by atoms with E-state index in [4.69, 9.17) is 4.74 Å². The van der Waals surface area contributed by atoms with Gasteiger partial charge in [-0.15, -0.1) is 0 Å². The Bertz CT molecular complexity index is 534. The van der Waals surface area contributed by atoms with E-state index in [1.807, 2.05) is 0 Å². The summed E-state index contributed by atoms with van der Waals surface area (Å²) in [5, 5.41) is 1.29. The first kappa shape index (κ1) is 11.3. The van der Waals surface area contributed by atoms with Gasteiger partial charge < -0.3 is 9.30 Å². The summed E-state index contributed by atoms with van der Waals surface area (Å²) < 4.78 is 9.31. The molecule has 2 unspecified atom stereocenters. The molecule has 0 amide bonds. The molecule has 3 rings (SSSR count). The Labute approximate surface area is 110 Å². The molecule has 3 heteroatoms. The molecule has 90 valence electrons. The third-order valence-electron chi connectivity index (χ3n) is 3.46. The largest absolute Gasteiger partial charge is 0.373 e. The normalized spacial score (nSPS) is 24.6. The van der Waals surface area contributed by atoms with Crippen molar-refractivity contribution in [1.82, 2.24) is 4.57 Å². The number of nitrogens with zero attached hydrogens (tertiary/aromatic N) is 1. The van der Waals surface area contributed by atoms with Crippen molar-refractivity contribution in [1.29, 1.82) is 0 Å². The lowest BCUT2D eigenvalue weighted by molar-refractivity contribution is 0.0465. The molecule has 1 aromatic carbocycles. The van der Waals surface area contributed by atoms with Crippen molar-refractivity contribution >= 4 is 26.8 Å². The predicted octanol–water partition coefficient (Wildman–Crippen LogP) is 3.97. The van der Waals surface area contributed by atoms with Crippen molar-refractivity contribution in [2.24, 2.45) is 0 Å². The van der Waals surface area contributed by atoms with E-state index in [9.17, 15) is 0 Å². The van der Waals surface area contributed by atoms with Gasteiger partial charge in [0.1, 0.15) is 0 Å². The Morgan fingerprint density at radius 3 is 3.00 bits per heavy atom. The van der Waals surface area contributed by atoms with Gasteiger partial charge in [-0.05, 0) is 43.4 Å². The Kier molecular flexibility index (Phi) is 2.97. The number of aromatic nitrogens is 1. The van der Waals surface area contributed by atoms with Crippen molar-refractivity contribution in [2.75, 3.05) is 0 Å². The Morgan fingerprint density at radius 1 is 1.35 bits per heavy atom. The van der Waals surface area contributed by atoms with Gasteiger partial charge in [-0.1, -0.05) is 22.0 Å². The van der Waals surface area contributed by atoms with E-state index in [-0.39, 0.29) is 0 Å². The minimum Gasteiger partial charge on any atom is -0.373 e. The van der Waals surface area contributed by atoms with Gasteiger partial charge in [0.05, 0.1) is 12.2 Å². The van der Waals surface area contributed by atoms with Crippen LogP contribution in [0.25, 0.3) is 10.9 Å². The molecule has 1 saturated heterocycles. The molecule has 1 fully saturated rings. The Balaban J connectivity index is 1.87. The highest BCUT2D eigenvalue weighted by molar-refractivity contribution is 9.10. The maximum absolute atomic E-state index is 5.88. The highest BCUT2D eigenvalue weighted by Gasteiger charge is 2.22. The van der Waals surface area contributed by atoms with Crippen LogP contribution >= 0.6 is 15.9 Å². The molecule has 2 atom stereocenters. The average molecular weight is 294 g/mol. The quantitative estimate of drug-likeness (QED) is 0.817.